The summed E-state index contributed by atoms with van der Waals surface area (Å²) in [6.45, 7) is 0.423. The van der Waals surface area contributed by atoms with Crippen LogP contribution >= 0.6 is 0 Å². The van der Waals surface area contributed by atoms with Crippen LogP contribution in [-0.2, 0) is 16.1 Å². The van der Waals surface area contributed by atoms with Crippen molar-refractivity contribution in [1.82, 2.24) is 9.88 Å². The predicted molar refractivity (Wildman–Crippen MR) is 102 cm³/mol. The number of hydrogen-bond donors (Lipinski definition) is 0. The lowest BCUT2D eigenvalue weighted by atomic mass is 10.1. The molecule has 1 aromatic carbocycles. The molecule has 0 aliphatic heterocycles. The normalized spacial score (nSPS) is 10.1. The minimum absolute atomic E-state index is 0.0689. The third kappa shape index (κ3) is 5.12. The molecule has 1 heterocycles. The number of esters is 1. The highest BCUT2D eigenvalue weighted by molar-refractivity contribution is 5.95. The summed E-state index contributed by atoms with van der Waals surface area (Å²) < 4.78 is 20.6. The van der Waals surface area contributed by atoms with Crippen LogP contribution in [0.1, 0.15) is 22.5 Å². The molecule has 0 bridgehead atoms. The number of benzene rings is 1. The third-order valence-corrected chi connectivity index (χ3v) is 4.09. The van der Waals surface area contributed by atoms with E-state index in [1.165, 1.54) is 33.3 Å². The monoisotopic (exact) mass is 388 g/mol. The summed E-state index contributed by atoms with van der Waals surface area (Å²) in [5.74, 6) is 0.441. The predicted octanol–water partition coefficient (Wildman–Crippen LogP) is 2.31. The molecule has 2 aromatic rings. The Kier molecular flexibility index (Phi) is 7.62. The maximum atomic E-state index is 13.2. The van der Waals surface area contributed by atoms with Gasteiger partial charge in [0.05, 0.1) is 47.1 Å². The molecule has 0 N–H and O–H groups in total. The van der Waals surface area contributed by atoms with Gasteiger partial charge in [-0.2, -0.15) is 0 Å². The Morgan fingerprint density at radius 1 is 1.00 bits per heavy atom. The fourth-order valence-corrected chi connectivity index (χ4v) is 2.66. The number of ether oxygens (including phenoxy) is 4. The van der Waals surface area contributed by atoms with Crippen LogP contribution in [0.3, 0.4) is 0 Å². The Bertz CT molecular complexity index is 785. The summed E-state index contributed by atoms with van der Waals surface area (Å²) in [4.78, 5) is 30.5. The SMILES string of the molecule is COC(=O)CCN(Cc1ccccn1)C(=O)c1cc(OC)c(OC)c(OC)c1. The van der Waals surface area contributed by atoms with Crippen molar-refractivity contribution in [1.29, 1.82) is 0 Å². The second-order valence-corrected chi connectivity index (χ2v) is 5.79. The highest BCUT2D eigenvalue weighted by Gasteiger charge is 2.22. The van der Waals surface area contributed by atoms with Gasteiger partial charge >= 0.3 is 5.97 Å². The van der Waals surface area contributed by atoms with Gasteiger partial charge in [-0.15, -0.1) is 0 Å². The lowest BCUT2D eigenvalue weighted by Crippen LogP contribution is -2.33. The van der Waals surface area contributed by atoms with Gasteiger partial charge in [-0.3, -0.25) is 14.6 Å². The first-order valence-corrected chi connectivity index (χ1v) is 8.60. The molecule has 0 spiro atoms. The van der Waals surface area contributed by atoms with Crippen molar-refractivity contribution >= 4 is 11.9 Å². The molecule has 0 fully saturated rings. The zero-order chi connectivity index (χ0) is 20.5. The van der Waals surface area contributed by atoms with E-state index in [-0.39, 0.29) is 25.4 Å². The van der Waals surface area contributed by atoms with Crippen molar-refractivity contribution < 1.29 is 28.5 Å². The van der Waals surface area contributed by atoms with E-state index in [2.05, 4.69) is 4.98 Å². The molecule has 0 saturated heterocycles. The summed E-state index contributed by atoms with van der Waals surface area (Å²) in [5.41, 5.74) is 1.04. The van der Waals surface area contributed by atoms with E-state index in [1.807, 2.05) is 12.1 Å². The number of methoxy groups -OCH3 is 4. The Morgan fingerprint density at radius 2 is 1.68 bits per heavy atom. The van der Waals surface area contributed by atoms with Crippen molar-refractivity contribution in [3.8, 4) is 17.2 Å². The van der Waals surface area contributed by atoms with Crippen LogP contribution < -0.4 is 14.2 Å². The van der Waals surface area contributed by atoms with Crippen LogP contribution in [0.5, 0.6) is 17.2 Å². The summed E-state index contributed by atoms with van der Waals surface area (Å²) in [6, 6.07) is 8.60. The molecule has 1 amide bonds. The van der Waals surface area contributed by atoms with Gasteiger partial charge in [-0.1, -0.05) is 6.07 Å². The van der Waals surface area contributed by atoms with Crippen LogP contribution in [0.2, 0.25) is 0 Å². The fourth-order valence-electron chi connectivity index (χ4n) is 2.66. The van der Waals surface area contributed by atoms with Gasteiger partial charge in [0.15, 0.2) is 11.5 Å². The molecule has 8 heteroatoms. The molecular weight excluding hydrogens is 364 g/mol. The average molecular weight is 388 g/mol. The van der Waals surface area contributed by atoms with E-state index in [4.69, 9.17) is 18.9 Å². The van der Waals surface area contributed by atoms with E-state index in [0.717, 1.165) is 0 Å². The minimum Gasteiger partial charge on any atom is -0.493 e. The first kappa shape index (κ1) is 21.0. The Labute approximate surface area is 164 Å². The van der Waals surface area contributed by atoms with Crippen LogP contribution in [-0.4, -0.2) is 56.7 Å². The molecule has 0 radical (unpaired) electrons. The third-order valence-electron chi connectivity index (χ3n) is 4.09. The Hall–Kier alpha value is -3.29. The number of rotatable bonds is 9. The number of nitrogens with zero attached hydrogens (tertiary/aromatic N) is 2. The van der Waals surface area contributed by atoms with Gasteiger partial charge in [0.1, 0.15) is 0 Å². The van der Waals surface area contributed by atoms with Crippen LogP contribution in [0.4, 0.5) is 0 Å². The lowest BCUT2D eigenvalue weighted by Gasteiger charge is -2.23. The molecule has 0 atom stereocenters. The highest BCUT2D eigenvalue weighted by Crippen LogP contribution is 2.38. The Morgan fingerprint density at radius 3 is 2.18 bits per heavy atom. The van der Waals surface area contributed by atoms with Crippen LogP contribution in [0.25, 0.3) is 0 Å². The van der Waals surface area contributed by atoms with E-state index < -0.39 is 5.97 Å². The van der Waals surface area contributed by atoms with E-state index in [9.17, 15) is 9.59 Å². The zero-order valence-electron chi connectivity index (χ0n) is 16.4. The highest BCUT2D eigenvalue weighted by atomic mass is 16.5. The number of carbonyl (C=O) groups is 2. The molecule has 0 saturated carbocycles. The molecule has 8 nitrogen and oxygen atoms in total. The average Bonchev–Trinajstić information content (AvgIpc) is 2.75. The van der Waals surface area contributed by atoms with E-state index in [0.29, 0.717) is 28.5 Å². The number of carbonyl (C=O) groups excluding carboxylic acids is 2. The molecule has 0 aliphatic carbocycles. The first-order valence-electron chi connectivity index (χ1n) is 8.60. The number of aromatic nitrogens is 1. The van der Waals surface area contributed by atoms with Crippen molar-refractivity contribution in [2.75, 3.05) is 35.0 Å². The molecule has 0 aliphatic rings. The molecule has 1 aromatic heterocycles. The first-order chi connectivity index (χ1) is 13.5. The van der Waals surface area contributed by atoms with Gasteiger partial charge in [0, 0.05) is 18.3 Å². The second-order valence-electron chi connectivity index (χ2n) is 5.79. The lowest BCUT2D eigenvalue weighted by molar-refractivity contribution is -0.140. The summed E-state index contributed by atoms with van der Waals surface area (Å²) in [5, 5.41) is 0. The Balaban J connectivity index is 2.35. The van der Waals surface area contributed by atoms with Crippen molar-refractivity contribution in [3.05, 3.63) is 47.8 Å². The molecular formula is C20H24N2O6. The maximum Gasteiger partial charge on any atom is 0.307 e. The summed E-state index contributed by atoms with van der Waals surface area (Å²) in [6.07, 6.45) is 1.72. The second kappa shape index (κ2) is 10.1. The van der Waals surface area contributed by atoms with Crippen molar-refractivity contribution in [2.45, 2.75) is 13.0 Å². The van der Waals surface area contributed by atoms with Crippen LogP contribution in [0.15, 0.2) is 36.5 Å². The zero-order valence-corrected chi connectivity index (χ0v) is 16.4. The van der Waals surface area contributed by atoms with Gasteiger partial charge in [0.2, 0.25) is 5.75 Å². The maximum absolute atomic E-state index is 13.2. The van der Waals surface area contributed by atoms with E-state index in [1.54, 1.807) is 24.4 Å². The van der Waals surface area contributed by atoms with Crippen molar-refractivity contribution in [3.63, 3.8) is 0 Å². The molecule has 2 rings (SSSR count). The number of hydrogen-bond acceptors (Lipinski definition) is 7. The smallest absolute Gasteiger partial charge is 0.307 e. The summed E-state index contributed by atoms with van der Waals surface area (Å²) >= 11 is 0. The van der Waals surface area contributed by atoms with Gasteiger partial charge in [-0.25, -0.2) is 0 Å². The molecule has 28 heavy (non-hydrogen) atoms. The quantitative estimate of drug-likeness (QED) is 0.609. The largest absolute Gasteiger partial charge is 0.493 e. The molecule has 0 unspecified atom stereocenters. The number of amides is 1. The van der Waals surface area contributed by atoms with Gasteiger partial charge in [0.25, 0.3) is 5.91 Å². The van der Waals surface area contributed by atoms with Crippen LogP contribution in [0, 0.1) is 0 Å². The summed E-state index contributed by atoms with van der Waals surface area (Å²) in [7, 11) is 5.76. The molecule has 150 valence electrons. The van der Waals surface area contributed by atoms with Crippen molar-refractivity contribution in [2.24, 2.45) is 0 Å². The standard InChI is InChI=1S/C20H24N2O6/c1-25-16-11-14(12-17(26-2)19(16)28-4)20(24)22(10-8-18(23)27-3)13-15-7-5-6-9-21-15/h5-7,9,11-12H,8,10,13H2,1-4H3. The van der Waals surface area contributed by atoms with E-state index >= 15 is 0 Å². The number of pyridine rings is 1. The fraction of sp³-hybridized carbons (Fsp3) is 0.350. The topological polar surface area (TPSA) is 87.2 Å². The van der Waals surface area contributed by atoms with Gasteiger partial charge < -0.3 is 23.8 Å². The minimum atomic E-state index is -0.399. The van der Waals surface area contributed by atoms with Gasteiger partial charge in [-0.05, 0) is 24.3 Å².